The first-order valence-electron chi connectivity index (χ1n) is 11.3. The number of unbranched alkanes of at least 4 members (excludes halogenated alkanes) is 8. The summed E-state index contributed by atoms with van der Waals surface area (Å²) in [5.41, 5.74) is 5.15. The standard InChI is InChI=1S/C26H34O3/c1-2-3-4-5-6-7-8-9-10-17-29-23-14-16-25-21(19-23)12-11-20-18-22(26(27)28)13-15-24(20)25/h13-16,18-19H,2-12,17H2,1H3,(H,27,28). The molecule has 0 saturated carbocycles. The van der Waals surface area contributed by atoms with Gasteiger partial charge in [0.1, 0.15) is 5.75 Å². The number of carbonyl (C=O) groups is 1. The van der Waals surface area contributed by atoms with Crippen LogP contribution in [-0.4, -0.2) is 17.7 Å². The minimum atomic E-state index is -0.862. The predicted octanol–water partition coefficient (Wildman–Crippen LogP) is 7.06. The van der Waals surface area contributed by atoms with Crippen LogP contribution in [0.25, 0.3) is 11.1 Å². The first kappa shape index (κ1) is 21.4. The van der Waals surface area contributed by atoms with Crippen LogP contribution in [0.1, 0.15) is 86.2 Å². The summed E-state index contributed by atoms with van der Waals surface area (Å²) in [6.07, 6.45) is 13.7. The van der Waals surface area contributed by atoms with E-state index >= 15 is 0 Å². The molecule has 0 atom stereocenters. The molecule has 2 aromatic carbocycles. The normalized spacial score (nSPS) is 12.3. The topological polar surface area (TPSA) is 46.5 Å². The molecule has 0 saturated heterocycles. The van der Waals surface area contributed by atoms with Gasteiger partial charge in [-0.05, 0) is 65.8 Å². The highest BCUT2D eigenvalue weighted by atomic mass is 16.5. The van der Waals surface area contributed by atoms with Crippen LogP contribution in [0.5, 0.6) is 5.75 Å². The highest BCUT2D eigenvalue weighted by Crippen LogP contribution is 2.36. The van der Waals surface area contributed by atoms with Crippen molar-refractivity contribution in [1.82, 2.24) is 0 Å². The molecule has 0 spiro atoms. The van der Waals surface area contributed by atoms with Crippen LogP contribution in [0.3, 0.4) is 0 Å². The number of hydrogen-bond acceptors (Lipinski definition) is 2. The van der Waals surface area contributed by atoms with E-state index in [1.807, 2.05) is 18.2 Å². The molecule has 3 rings (SSSR count). The fourth-order valence-electron chi connectivity index (χ4n) is 4.20. The Morgan fingerprint density at radius 3 is 2.07 bits per heavy atom. The van der Waals surface area contributed by atoms with Crippen LogP contribution in [0.2, 0.25) is 0 Å². The molecule has 0 heterocycles. The number of benzene rings is 2. The van der Waals surface area contributed by atoms with Gasteiger partial charge in [-0.1, -0.05) is 70.4 Å². The maximum absolute atomic E-state index is 11.2. The molecule has 3 nitrogen and oxygen atoms in total. The molecular formula is C26H34O3. The lowest BCUT2D eigenvalue weighted by molar-refractivity contribution is 0.0697. The summed E-state index contributed by atoms with van der Waals surface area (Å²) in [7, 11) is 0. The molecule has 0 amide bonds. The predicted molar refractivity (Wildman–Crippen MR) is 119 cm³/mol. The summed E-state index contributed by atoms with van der Waals surface area (Å²) >= 11 is 0. The third-order valence-corrected chi connectivity index (χ3v) is 5.90. The van der Waals surface area contributed by atoms with Gasteiger partial charge in [0.2, 0.25) is 0 Å². The van der Waals surface area contributed by atoms with Crippen molar-refractivity contribution in [3.8, 4) is 16.9 Å². The highest BCUT2D eigenvalue weighted by Gasteiger charge is 2.18. The summed E-state index contributed by atoms with van der Waals surface area (Å²) < 4.78 is 5.99. The third kappa shape index (κ3) is 6.09. The molecule has 0 bridgehead atoms. The molecule has 1 aliphatic rings. The molecule has 3 heteroatoms. The summed E-state index contributed by atoms with van der Waals surface area (Å²) in [4.78, 5) is 11.2. The first-order chi connectivity index (χ1) is 14.2. The molecule has 0 aliphatic heterocycles. The van der Waals surface area contributed by atoms with Crippen LogP contribution >= 0.6 is 0 Å². The maximum Gasteiger partial charge on any atom is 0.335 e. The Bertz CT molecular complexity index is 810. The van der Waals surface area contributed by atoms with Gasteiger partial charge in [0.25, 0.3) is 0 Å². The van der Waals surface area contributed by atoms with E-state index < -0.39 is 5.97 Å². The Balaban J connectivity index is 1.44. The Morgan fingerprint density at radius 2 is 1.41 bits per heavy atom. The van der Waals surface area contributed by atoms with Crippen molar-refractivity contribution >= 4 is 5.97 Å². The molecule has 0 fully saturated rings. The zero-order chi connectivity index (χ0) is 20.5. The average Bonchev–Trinajstić information content (AvgIpc) is 2.74. The summed E-state index contributed by atoms with van der Waals surface area (Å²) in [6, 6.07) is 11.8. The zero-order valence-corrected chi connectivity index (χ0v) is 17.7. The minimum absolute atomic E-state index is 0.369. The van der Waals surface area contributed by atoms with Crippen LogP contribution in [-0.2, 0) is 12.8 Å². The monoisotopic (exact) mass is 394 g/mol. The quantitative estimate of drug-likeness (QED) is 0.392. The fraction of sp³-hybridized carbons (Fsp3) is 0.500. The second-order valence-corrected chi connectivity index (χ2v) is 8.17. The molecule has 0 radical (unpaired) electrons. The van der Waals surface area contributed by atoms with Crippen LogP contribution < -0.4 is 4.74 Å². The molecule has 1 aliphatic carbocycles. The molecule has 1 N–H and O–H groups in total. The van der Waals surface area contributed by atoms with Crippen molar-refractivity contribution < 1.29 is 14.6 Å². The van der Waals surface area contributed by atoms with Crippen molar-refractivity contribution in [2.75, 3.05) is 6.61 Å². The minimum Gasteiger partial charge on any atom is -0.494 e. The van der Waals surface area contributed by atoms with E-state index in [0.29, 0.717) is 5.56 Å². The number of aryl methyl sites for hydroxylation is 2. The number of carboxylic acids is 1. The van der Waals surface area contributed by atoms with Gasteiger partial charge in [-0.2, -0.15) is 0 Å². The van der Waals surface area contributed by atoms with Crippen LogP contribution in [0, 0.1) is 0 Å². The Hall–Kier alpha value is -2.29. The Kier molecular flexibility index (Phi) is 8.15. The van der Waals surface area contributed by atoms with E-state index in [2.05, 4.69) is 19.1 Å². The Morgan fingerprint density at radius 1 is 0.828 bits per heavy atom. The van der Waals surface area contributed by atoms with Gasteiger partial charge in [0, 0.05) is 0 Å². The first-order valence-corrected chi connectivity index (χ1v) is 11.3. The largest absolute Gasteiger partial charge is 0.494 e. The van der Waals surface area contributed by atoms with E-state index in [1.54, 1.807) is 6.07 Å². The van der Waals surface area contributed by atoms with Gasteiger partial charge in [0.05, 0.1) is 12.2 Å². The van der Waals surface area contributed by atoms with E-state index in [1.165, 1.54) is 62.5 Å². The van der Waals surface area contributed by atoms with Crippen LogP contribution in [0.15, 0.2) is 36.4 Å². The van der Waals surface area contributed by atoms with Gasteiger partial charge in [-0.25, -0.2) is 4.79 Å². The number of ether oxygens (including phenoxy) is 1. The van der Waals surface area contributed by atoms with Crippen molar-refractivity contribution in [3.63, 3.8) is 0 Å². The average molecular weight is 395 g/mol. The second-order valence-electron chi connectivity index (χ2n) is 8.17. The van der Waals surface area contributed by atoms with Gasteiger partial charge >= 0.3 is 5.97 Å². The van der Waals surface area contributed by atoms with Crippen LogP contribution in [0.4, 0.5) is 0 Å². The van der Waals surface area contributed by atoms with E-state index in [0.717, 1.165) is 42.7 Å². The smallest absolute Gasteiger partial charge is 0.335 e. The lowest BCUT2D eigenvalue weighted by Crippen LogP contribution is -2.07. The molecule has 0 aromatic heterocycles. The second kappa shape index (κ2) is 11.0. The lowest BCUT2D eigenvalue weighted by atomic mass is 9.85. The summed E-state index contributed by atoms with van der Waals surface area (Å²) in [6.45, 7) is 3.05. The molecule has 29 heavy (non-hydrogen) atoms. The number of aromatic carboxylic acids is 1. The number of rotatable bonds is 12. The van der Waals surface area contributed by atoms with Gasteiger partial charge in [-0.3, -0.25) is 0 Å². The maximum atomic E-state index is 11.2. The Labute approximate surface area is 175 Å². The van der Waals surface area contributed by atoms with Crippen molar-refractivity contribution in [1.29, 1.82) is 0 Å². The van der Waals surface area contributed by atoms with E-state index in [4.69, 9.17) is 4.74 Å². The number of hydrogen-bond donors (Lipinski definition) is 1. The van der Waals surface area contributed by atoms with Crippen molar-refractivity contribution in [2.45, 2.75) is 77.6 Å². The van der Waals surface area contributed by atoms with E-state index in [9.17, 15) is 9.90 Å². The van der Waals surface area contributed by atoms with Crippen molar-refractivity contribution in [3.05, 3.63) is 53.1 Å². The van der Waals surface area contributed by atoms with Gasteiger partial charge in [0.15, 0.2) is 0 Å². The third-order valence-electron chi connectivity index (χ3n) is 5.90. The lowest BCUT2D eigenvalue weighted by Gasteiger charge is -2.21. The van der Waals surface area contributed by atoms with Gasteiger partial charge in [-0.15, -0.1) is 0 Å². The summed E-state index contributed by atoms with van der Waals surface area (Å²) in [5, 5.41) is 9.20. The highest BCUT2D eigenvalue weighted by molar-refractivity contribution is 5.89. The zero-order valence-electron chi connectivity index (χ0n) is 17.7. The fourth-order valence-corrected chi connectivity index (χ4v) is 4.20. The van der Waals surface area contributed by atoms with Gasteiger partial charge < -0.3 is 9.84 Å². The SMILES string of the molecule is CCCCCCCCCCCOc1ccc2c(c1)CCc1cc(C(=O)O)ccc1-2. The molecule has 0 unspecified atom stereocenters. The molecule has 2 aromatic rings. The van der Waals surface area contributed by atoms with E-state index in [-0.39, 0.29) is 0 Å². The molecular weight excluding hydrogens is 360 g/mol. The summed E-state index contributed by atoms with van der Waals surface area (Å²) in [5.74, 6) is 0.0905. The number of fused-ring (bicyclic) bond motifs is 3. The van der Waals surface area contributed by atoms with Crippen molar-refractivity contribution in [2.24, 2.45) is 0 Å². The molecule has 156 valence electrons. The number of carboxylic acid groups (broad SMARTS) is 1.